The highest BCUT2D eigenvalue weighted by Crippen LogP contribution is 2.28. The van der Waals surface area contributed by atoms with Crippen molar-refractivity contribution in [3.05, 3.63) is 23.2 Å². The molecule has 2 unspecified atom stereocenters. The number of ether oxygens (including phenoxy) is 2. The van der Waals surface area contributed by atoms with Gasteiger partial charge in [0.05, 0.1) is 5.69 Å². The molecule has 9 nitrogen and oxygen atoms in total. The van der Waals surface area contributed by atoms with Gasteiger partial charge >= 0.3 is 6.09 Å². The Morgan fingerprint density at radius 2 is 1.84 bits per heavy atom. The normalized spacial score (nSPS) is 20.9. The average molecular weight is 467 g/mol. The van der Waals surface area contributed by atoms with Gasteiger partial charge < -0.3 is 29.9 Å². The van der Waals surface area contributed by atoms with Crippen LogP contribution in [0.2, 0.25) is 5.02 Å². The number of fused-ring (bicyclic) bond motifs is 2. The molecule has 176 valence electrons. The molecule has 1 aromatic carbocycles. The van der Waals surface area contributed by atoms with Gasteiger partial charge in [-0.3, -0.25) is 9.59 Å². The number of amides is 3. The zero-order chi connectivity index (χ0) is 23.5. The molecular formula is C22H31ClN4O5. The van der Waals surface area contributed by atoms with E-state index in [9.17, 15) is 14.4 Å². The molecule has 3 rings (SSSR count). The Morgan fingerprint density at radius 3 is 2.53 bits per heavy atom. The molecule has 2 N–H and O–H groups in total. The topological polar surface area (TPSA) is 100 Å². The van der Waals surface area contributed by atoms with E-state index in [4.69, 9.17) is 21.1 Å². The maximum atomic E-state index is 12.9. The van der Waals surface area contributed by atoms with E-state index < -0.39 is 5.60 Å². The molecule has 0 radical (unpaired) electrons. The maximum absolute atomic E-state index is 12.9. The van der Waals surface area contributed by atoms with Gasteiger partial charge in [-0.25, -0.2) is 4.79 Å². The van der Waals surface area contributed by atoms with Crippen molar-refractivity contribution < 1.29 is 23.9 Å². The molecule has 1 aromatic rings. The van der Waals surface area contributed by atoms with Crippen molar-refractivity contribution in [1.82, 2.24) is 15.1 Å². The first-order chi connectivity index (χ1) is 15.0. The van der Waals surface area contributed by atoms with Gasteiger partial charge in [-0.15, -0.1) is 0 Å². The molecule has 2 fully saturated rings. The molecule has 2 aliphatic heterocycles. The highest BCUT2D eigenvalue weighted by atomic mass is 35.5. The molecule has 0 spiro atoms. The van der Waals surface area contributed by atoms with Crippen LogP contribution in [0.4, 0.5) is 10.5 Å². The summed E-state index contributed by atoms with van der Waals surface area (Å²) < 4.78 is 11.2. The zero-order valence-corrected chi connectivity index (χ0v) is 19.7. The first kappa shape index (κ1) is 24.1. The molecule has 0 aromatic heterocycles. The second-order valence-electron chi connectivity index (χ2n) is 9.18. The predicted molar refractivity (Wildman–Crippen MR) is 121 cm³/mol. The van der Waals surface area contributed by atoms with E-state index in [0.717, 1.165) is 6.42 Å². The third-order valence-electron chi connectivity index (χ3n) is 5.15. The van der Waals surface area contributed by atoms with E-state index in [-0.39, 0.29) is 36.6 Å². The van der Waals surface area contributed by atoms with Crippen molar-refractivity contribution in [1.29, 1.82) is 0 Å². The average Bonchev–Trinajstić information content (AvgIpc) is 2.82. The molecule has 0 aliphatic carbocycles. The third-order valence-corrected chi connectivity index (χ3v) is 5.38. The quantitative estimate of drug-likeness (QED) is 0.707. The van der Waals surface area contributed by atoms with Crippen molar-refractivity contribution in [2.45, 2.75) is 51.8 Å². The fourth-order valence-corrected chi connectivity index (χ4v) is 4.01. The van der Waals surface area contributed by atoms with E-state index in [1.165, 1.54) is 6.92 Å². The second kappa shape index (κ2) is 9.95. The number of rotatable bonds is 4. The van der Waals surface area contributed by atoms with Crippen LogP contribution in [0.25, 0.3) is 0 Å². The van der Waals surface area contributed by atoms with Crippen molar-refractivity contribution in [2.75, 3.05) is 38.1 Å². The van der Waals surface area contributed by atoms with Gasteiger partial charge in [0.25, 0.3) is 5.91 Å². The van der Waals surface area contributed by atoms with Crippen LogP contribution in [0.3, 0.4) is 0 Å². The molecule has 3 amide bonds. The Labute approximate surface area is 193 Å². The van der Waals surface area contributed by atoms with E-state index in [1.54, 1.807) is 28.0 Å². The fourth-order valence-electron chi connectivity index (χ4n) is 3.84. The van der Waals surface area contributed by atoms with Gasteiger partial charge in [-0.05, 0) is 45.4 Å². The summed E-state index contributed by atoms with van der Waals surface area (Å²) in [6.07, 6.45) is 0.394. The minimum atomic E-state index is -0.553. The molecule has 32 heavy (non-hydrogen) atoms. The van der Waals surface area contributed by atoms with Crippen molar-refractivity contribution in [2.24, 2.45) is 0 Å². The number of piperazine rings is 1. The molecular weight excluding hydrogens is 436 g/mol. The lowest BCUT2D eigenvalue weighted by atomic mass is 10.1. The summed E-state index contributed by atoms with van der Waals surface area (Å²) in [5, 5.41) is 6.62. The number of benzene rings is 1. The lowest BCUT2D eigenvalue weighted by molar-refractivity contribution is -0.135. The monoisotopic (exact) mass is 466 g/mol. The number of carbonyl (C=O) groups excluding carboxylic acids is 3. The largest absolute Gasteiger partial charge is 0.482 e. The zero-order valence-electron chi connectivity index (χ0n) is 18.9. The fraction of sp³-hybridized carbons (Fsp3) is 0.591. The number of nitrogens with one attached hydrogen (secondary N) is 2. The summed E-state index contributed by atoms with van der Waals surface area (Å²) in [6.45, 7) is 8.82. The standard InChI is InChI=1S/C22H31ClN4O5/c1-14(28)24-18-9-15(23)5-6-19(18)31-13-20(29)27-10-16-7-8-26(11-17(12-27)25-16)21(30)32-22(2,3)4/h5-6,9,16-17,25H,7-8,10-13H2,1-4H3,(H,24,28). The molecule has 2 heterocycles. The van der Waals surface area contributed by atoms with Gasteiger partial charge in [-0.2, -0.15) is 0 Å². The summed E-state index contributed by atoms with van der Waals surface area (Å²) in [6, 6.07) is 4.88. The lowest BCUT2D eigenvalue weighted by Gasteiger charge is -2.37. The van der Waals surface area contributed by atoms with Crippen LogP contribution in [0.1, 0.15) is 34.1 Å². The van der Waals surface area contributed by atoms with Crippen LogP contribution in [-0.2, 0) is 14.3 Å². The van der Waals surface area contributed by atoms with E-state index in [0.29, 0.717) is 42.6 Å². The molecule has 2 bridgehead atoms. The Kier molecular flexibility index (Phi) is 7.51. The van der Waals surface area contributed by atoms with Gasteiger partial charge in [0, 0.05) is 50.2 Å². The van der Waals surface area contributed by atoms with Crippen molar-refractivity contribution >= 4 is 35.2 Å². The minimum absolute atomic E-state index is 0.0433. The Hall–Kier alpha value is -2.52. The van der Waals surface area contributed by atoms with Crippen LogP contribution < -0.4 is 15.4 Å². The van der Waals surface area contributed by atoms with Gasteiger partial charge in [0.2, 0.25) is 5.91 Å². The molecule has 2 aliphatic rings. The van der Waals surface area contributed by atoms with Gasteiger partial charge in [-0.1, -0.05) is 11.6 Å². The Bertz CT molecular complexity index is 872. The summed E-state index contributed by atoms with van der Waals surface area (Å²) in [4.78, 5) is 40.3. The van der Waals surface area contributed by atoms with Gasteiger partial charge in [0.1, 0.15) is 11.4 Å². The number of hydrogen-bond donors (Lipinski definition) is 2. The minimum Gasteiger partial charge on any atom is -0.482 e. The van der Waals surface area contributed by atoms with E-state index >= 15 is 0 Å². The van der Waals surface area contributed by atoms with Crippen molar-refractivity contribution in [3.8, 4) is 5.75 Å². The van der Waals surface area contributed by atoms with E-state index in [1.807, 2.05) is 20.8 Å². The van der Waals surface area contributed by atoms with Crippen LogP contribution in [-0.4, -0.2) is 78.2 Å². The summed E-state index contributed by atoms with van der Waals surface area (Å²) in [5.41, 5.74) is -0.136. The highest BCUT2D eigenvalue weighted by Gasteiger charge is 2.35. The number of carbonyl (C=O) groups is 3. The van der Waals surface area contributed by atoms with E-state index in [2.05, 4.69) is 10.6 Å². The van der Waals surface area contributed by atoms with Crippen molar-refractivity contribution in [3.63, 3.8) is 0 Å². The predicted octanol–water partition coefficient (Wildman–Crippen LogP) is 2.49. The maximum Gasteiger partial charge on any atom is 0.410 e. The second-order valence-corrected chi connectivity index (χ2v) is 9.62. The van der Waals surface area contributed by atoms with Crippen LogP contribution in [0.15, 0.2) is 18.2 Å². The first-order valence-corrected chi connectivity index (χ1v) is 11.1. The summed E-state index contributed by atoms with van der Waals surface area (Å²) in [7, 11) is 0. The summed E-state index contributed by atoms with van der Waals surface area (Å²) in [5.74, 6) is -0.0401. The Morgan fingerprint density at radius 1 is 1.16 bits per heavy atom. The van der Waals surface area contributed by atoms with Crippen LogP contribution >= 0.6 is 11.6 Å². The molecule has 2 atom stereocenters. The molecule has 10 heteroatoms. The molecule has 0 saturated carbocycles. The molecule has 2 saturated heterocycles. The number of halogens is 1. The third kappa shape index (κ3) is 6.74. The lowest BCUT2D eigenvalue weighted by Crippen LogP contribution is -2.59. The number of anilines is 1. The van der Waals surface area contributed by atoms with Gasteiger partial charge in [0.15, 0.2) is 6.61 Å². The van der Waals surface area contributed by atoms with Crippen LogP contribution in [0, 0.1) is 0 Å². The first-order valence-electron chi connectivity index (χ1n) is 10.7. The smallest absolute Gasteiger partial charge is 0.410 e. The van der Waals surface area contributed by atoms with Crippen LogP contribution in [0.5, 0.6) is 5.75 Å². The number of hydrogen-bond acceptors (Lipinski definition) is 6. The summed E-state index contributed by atoms with van der Waals surface area (Å²) >= 11 is 6.00. The Balaban J connectivity index is 1.59. The number of nitrogens with zero attached hydrogens (tertiary/aromatic N) is 2. The SMILES string of the molecule is CC(=O)Nc1cc(Cl)ccc1OCC(=O)N1CC2CCN(C(=O)OC(C)(C)C)CC(C1)N2. The highest BCUT2D eigenvalue weighted by molar-refractivity contribution is 6.31.